The van der Waals surface area contributed by atoms with Crippen molar-refractivity contribution in [1.29, 1.82) is 0 Å². The number of hydrogen-bond acceptors (Lipinski definition) is 6. The Labute approximate surface area is 125 Å². The van der Waals surface area contributed by atoms with Gasteiger partial charge in [-0.2, -0.15) is 0 Å². The Kier molecular flexibility index (Phi) is 5.91. The fraction of sp³-hybridized carbons (Fsp3) is 0.714. The zero-order chi connectivity index (χ0) is 14.4. The maximum atomic E-state index is 4.48. The Bertz CT molecular complexity index is 398. The van der Waals surface area contributed by atoms with Crippen molar-refractivity contribution in [3.63, 3.8) is 0 Å². The topological polar surface area (TPSA) is 53.1 Å². The average Bonchev–Trinajstić information content (AvgIpc) is 3.01. The van der Waals surface area contributed by atoms with Gasteiger partial charge in [-0.15, -0.1) is 0 Å². The Morgan fingerprint density at radius 2 is 2.00 bits per heavy atom. The molecule has 0 unspecified atom stereocenters. The molecule has 0 aliphatic heterocycles. The molecule has 0 atom stereocenters. The van der Waals surface area contributed by atoms with E-state index >= 15 is 0 Å². The summed E-state index contributed by atoms with van der Waals surface area (Å²) in [6, 6.07) is 2.73. The van der Waals surface area contributed by atoms with Crippen LogP contribution in [0.5, 0.6) is 0 Å². The van der Waals surface area contributed by atoms with Gasteiger partial charge in [-0.1, -0.05) is 24.6 Å². The lowest BCUT2D eigenvalue weighted by Gasteiger charge is -2.24. The van der Waals surface area contributed by atoms with Crippen molar-refractivity contribution in [1.82, 2.24) is 14.9 Å². The average molecular weight is 295 g/mol. The first-order chi connectivity index (χ1) is 9.72. The van der Waals surface area contributed by atoms with Crippen LogP contribution in [0.25, 0.3) is 0 Å². The van der Waals surface area contributed by atoms with E-state index in [1.54, 1.807) is 11.8 Å². The second-order valence-corrected chi connectivity index (χ2v) is 5.99. The van der Waals surface area contributed by atoms with Gasteiger partial charge in [0.25, 0.3) is 0 Å². The van der Waals surface area contributed by atoms with Crippen molar-refractivity contribution in [2.75, 3.05) is 44.1 Å². The highest BCUT2D eigenvalue weighted by Gasteiger charge is 2.18. The second-order valence-electron chi connectivity index (χ2n) is 5.22. The van der Waals surface area contributed by atoms with Crippen LogP contribution in [0.3, 0.4) is 0 Å². The molecular weight excluding hydrogens is 270 g/mol. The summed E-state index contributed by atoms with van der Waals surface area (Å²) in [5.74, 6) is 1.75. The van der Waals surface area contributed by atoms with Crippen molar-refractivity contribution in [2.24, 2.45) is 0 Å². The molecular formula is C14H25N5S. The van der Waals surface area contributed by atoms with Gasteiger partial charge in [-0.3, -0.25) is 0 Å². The number of aromatic nitrogens is 2. The molecule has 0 bridgehead atoms. The largest absolute Gasteiger partial charge is 0.373 e. The maximum Gasteiger partial charge on any atom is 0.191 e. The van der Waals surface area contributed by atoms with E-state index < -0.39 is 0 Å². The number of anilines is 2. The van der Waals surface area contributed by atoms with Crippen LogP contribution >= 0.6 is 11.8 Å². The molecule has 1 heterocycles. The zero-order valence-electron chi connectivity index (χ0n) is 12.6. The summed E-state index contributed by atoms with van der Waals surface area (Å²) in [7, 11) is 4.11. The molecule has 2 rings (SSSR count). The highest BCUT2D eigenvalue weighted by atomic mass is 32.2. The fourth-order valence-corrected chi connectivity index (χ4v) is 3.00. The Hall–Kier alpha value is -1.01. The molecule has 1 aliphatic carbocycles. The lowest BCUT2D eigenvalue weighted by molar-refractivity contribution is 0.254. The lowest BCUT2D eigenvalue weighted by Crippen LogP contribution is -2.33. The Balaban J connectivity index is 1.83. The van der Waals surface area contributed by atoms with E-state index in [4.69, 9.17) is 0 Å². The summed E-state index contributed by atoms with van der Waals surface area (Å²) < 4.78 is 0. The lowest BCUT2D eigenvalue weighted by atomic mass is 10.2. The quantitative estimate of drug-likeness (QED) is 0.595. The third-order valence-corrected chi connectivity index (χ3v) is 4.41. The first-order valence-corrected chi connectivity index (χ1v) is 8.50. The number of rotatable bonds is 7. The molecule has 0 spiro atoms. The van der Waals surface area contributed by atoms with Crippen LogP contribution in [-0.4, -0.2) is 54.4 Å². The minimum absolute atomic E-state index is 0.775. The highest BCUT2D eigenvalue weighted by molar-refractivity contribution is 7.98. The summed E-state index contributed by atoms with van der Waals surface area (Å²) in [4.78, 5) is 11.3. The van der Waals surface area contributed by atoms with E-state index in [2.05, 4.69) is 32.5 Å². The van der Waals surface area contributed by atoms with Gasteiger partial charge >= 0.3 is 0 Å². The standard InChI is InChI=1S/C14H25N5S/c1-15-12-10-13(18-14(17-12)20-3)16-8-9-19(2)11-6-4-5-7-11/h10-11H,4-9H2,1-3H3,(H2,15,16,17,18). The molecule has 1 aromatic rings. The summed E-state index contributed by atoms with van der Waals surface area (Å²) in [6.45, 7) is 1.97. The molecule has 0 saturated heterocycles. The van der Waals surface area contributed by atoms with E-state index in [0.29, 0.717) is 0 Å². The predicted octanol–water partition coefficient (Wildman–Crippen LogP) is 2.53. The van der Waals surface area contributed by atoms with E-state index in [-0.39, 0.29) is 0 Å². The van der Waals surface area contributed by atoms with Crippen LogP contribution in [0.1, 0.15) is 25.7 Å². The van der Waals surface area contributed by atoms with E-state index in [0.717, 1.165) is 35.9 Å². The molecule has 20 heavy (non-hydrogen) atoms. The van der Waals surface area contributed by atoms with Crippen LogP contribution in [0.15, 0.2) is 11.2 Å². The van der Waals surface area contributed by atoms with Gasteiger partial charge in [0, 0.05) is 32.2 Å². The molecule has 2 N–H and O–H groups in total. The van der Waals surface area contributed by atoms with Gasteiger partial charge in [-0.05, 0) is 26.1 Å². The third-order valence-electron chi connectivity index (χ3n) is 3.86. The van der Waals surface area contributed by atoms with Crippen molar-refractivity contribution >= 4 is 23.4 Å². The highest BCUT2D eigenvalue weighted by Crippen LogP contribution is 2.22. The van der Waals surface area contributed by atoms with Crippen molar-refractivity contribution in [3.05, 3.63) is 6.07 Å². The predicted molar refractivity (Wildman–Crippen MR) is 86.7 cm³/mol. The SMILES string of the molecule is CNc1cc(NCCN(C)C2CCCC2)nc(SC)n1. The maximum absolute atomic E-state index is 4.48. The molecule has 6 heteroatoms. The smallest absolute Gasteiger partial charge is 0.191 e. The minimum atomic E-state index is 0.775. The van der Waals surface area contributed by atoms with Crippen LogP contribution < -0.4 is 10.6 Å². The van der Waals surface area contributed by atoms with Gasteiger partial charge < -0.3 is 15.5 Å². The van der Waals surface area contributed by atoms with Crippen LogP contribution in [-0.2, 0) is 0 Å². The van der Waals surface area contributed by atoms with E-state index in [9.17, 15) is 0 Å². The molecule has 0 aromatic carbocycles. The van der Waals surface area contributed by atoms with E-state index in [1.165, 1.54) is 25.7 Å². The summed E-state index contributed by atoms with van der Waals surface area (Å²) in [5.41, 5.74) is 0. The first kappa shape index (κ1) is 15.4. The molecule has 5 nitrogen and oxygen atoms in total. The molecule has 1 aromatic heterocycles. The molecule has 1 saturated carbocycles. The van der Waals surface area contributed by atoms with Crippen molar-refractivity contribution in [2.45, 2.75) is 36.9 Å². The Morgan fingerprint density at radius 1 is 1.30 bits per heavy atom. The molecule has 0 radical (unpaired) electrons. The molecule has 112 valence electrons. The second kappa shape index (κ2) is 7.69. The van der Waals surface area contributed by atoms with Crippen LogP contribution in [0.2, 0.25) is 0 Å². The van der Waals surface area contributed by atoms with Crippen molar-refractivity contribution in [3.8, 4) is 0 Å². The number of likely N-dealkylation sites (N-methyl/N-ethyl adjacent to an activating group) is 1. The van der Waals surface area contributed by atoms with E-state index in [1.807, 2.05) is 19.4 Å². The van der Waals surface area contributed by atoms with Crippen molar-refractivity contribution < 1.29 is 0 Å². The fourth-order valence-electron chi connectivity index (χ4n) is 2.62. The number of nitrogens with one attached hydrogen (secondary N) is 2. The van der Waals surface area contributed by atoms with Gasteiger partial charge in [0.1, 0.15) is 11.6 Å². The van der Waals surface area contributed by atoms with Gasteiger partial charge in [0.05, 0.1) is 0 Å². The van der Waals surface area contributed by atoms with Gasteiger partial charge in [0.15, 0.2) is 5.16 Å². The molecule has 1 fully saturated rings. The monoisotopic (exact) mass is 295 g/mol. The normalized spacial score (nSPS) is 15.8. The summed E-state index contributed by atoms with van der Waals surface area (Å²) >= 11 is 1.56. The zero-order valence-corrected chi connectivity index (χ0v) is 13.5. The Morgan fingerprint density at radius 3 is 2.65 bits per heavy atom. The van der Waals surface area contributed by atoms with Gasteiger partial charge in [0.2, 0.25) is 0 Å². The summed E-state index contributed by atoms with van der Waals surface area (Å²) in [5, 5.41) is 7.27. The molecule has 1 aliphatic rings. The van der Waals surface area contributed by atoms with Crippen LogP contribution in [0, 0.1) is 0 Å². The minimum Gasteiger partial charge on any atom is -0.373 e. The third kappa shape index (κ3) is 4.24. The van der Waals surface area contributed by atoms with Gasteiger partial charge in [-0.25, -0.2) is 9.97 Å². The summed E-state index contributed by atoms with van der Waals surface area (Å²) in [6.07, 6.45) is 7.47. The molecule has 0 amide bonds. The number of thioether (sulfide) groups is 1. The van der Waals surface area contributed by atoms with Crippen LogP contribution in [0.4, 0.5) is 11.6 Å². The first-order valence-electron chi connectivity index (χ1n) is 7.28. The number of nitrogens with zero attached hydrogens (tertiary/aromatic N) is 3. The number of hydrogen-bond donors (Lipinski definition) is 2.